The van der Waals surface area contributed by atoms with Crippen molar-refractivity contribution in [1.29, 1.82) is 0 Å². The second-order valence-electron chi connectivity index (χ2n) is 15.3. The van der Waals surface area contributed by atoms with Gasteiger partial charge in [-0.05, 0) is 122 Å². The summed E-state index contributed by atoms with van der Waals surface area (Å²) in [5.41, 5.74) is 16.8. The summed E-state index contributed by atoms with van der Waals surface area (Å²) in [6, 6.07) is 84.9. The van der Waals surface area contributed by atoms with Gasteiger partial charge in [0.05, 0.1) is 5.69 Å². The van der Waals surface area contributed by atoms with E-state index in [4.69, 9.17) is 4.42 Å². The number of furan rings is 1. The first-order valence-electron chi connectivity index (χ1n) is 20.5. The molecule has 0 bridgehead atoms. The number of anilines is 3. The SMILES string of the molecule is c1ccc(-c2ccc(-c3ccc(N(c4ccc(-c5cccc(-c6ccc7ccccc7c6)c5)cc4)c4ccccc4-c4ccc5c(c4)oc4ccccc45)cc3)cc2)cc1. The van der Waals surface area contributed by atoms with Crippen molar-refractivity contribution in [2.45, 2.75) is 0 Å². The number of rotatable bonds is 8. The predicted molar refractivity (Wildman–Crippen MR) is 253 cm³/mol. The Bertz CT molecular complexity index is 3290. The molecule has 0 atom stereocenters. The van der Waals surface area contributed by atoms with E-state index in [1.54, 1.807) is 0 Å². The van der Waals surface area contributed by atoms with Gasteiger partial charge in [-0.25, -0.2) is 0 Å². The van der Waals surface area contributed by atoms with Crippen molar-refractivity contribution in [3.63, 3.8) is 0 Å². The standard InChI is InChI=1S/C58H39NO/c1-2-11-40(12-3-1)42-21-23-43(24-22-42)44-27-32-51(33-28-44)59(56-19-8-6-17-53(56)50-31-36-55-54-18-7-9-20-57(54)60-58(55)39-50)52-34-29-45(30-35-52)47-15-10-16-48(37-47)49-26-25-41-13-4-5-14-46(41)38-49/h1-39H. The van der Waals surface area contributed by atoms with Crippen LogP contribution in [0.1, 0.15) is 0 Å². The number of hydrogen-bond donors (Lipinski definition) is 0. The van der Waals surface area contributed by atoms with E-state index in [1.807, 2.05) is 12.1 Å². The Hall–Kier alpha value is -7.94. The number of hydrogen-bond acceptors (Lipinski definition) is 2. The summed E-state index contributed by atoms with van der Waals surface area (Å²) >= 11 is 0. The first-order chi connectivity index (χ1) is 29.7. The van der Waals surface area contributed by atoms with Gasteiger partial charge < -0.3 is 9.32 Å². The molecule has 0 amide bonds. The van der Waals surface area contributed by atoms with Gasteiger partial charge in [-0.3, -0.25) is 0 Å². The fourth-order valence-electron chi connectivity index (χ4n) is 8.57. The molecule has 0 aliphatic heterocycles. The molecule has 0 aliphatic rings. The molecule has 0 fully saturated rings. The van der Waals surface area contributed by atoms with Crippen molar-refractivity contribution in [1.82, 2.24) is 0 Å². The Morgan fingerprint density at radius 2 is 0.750 bits per heavy atom. The lowest BCUT2D eigenvalue weighted by Crippen LogP contribution is -2.11. The Morgan fingerprint density at radius 1 is 0.267 bits per heavy atom. The lowest BCUT2D eigenvalue weighted by Gasteiger charge is -2.28. The van der Waals surface area contributed by atoms with E-state index in [2.05, 4.69) is 229 Å². The summed E-state index contributed by atoms with van der Waals surface area (Å²) in [6.07, 6.45) is 0. The van der Waals surface area contributed by atoms with Crippen molar-refractivity contribution < 1.29 is 4.42 Å². The van der Waals surface area contributed by atoms with E-state index < -0.39 is 0 Å². The van der Waals surface area contributed by atoms with E-state index in [9.17, 15) is 0 Å². The molecule has 2 nitrogen and oxygen atoms in total. The fourth-order valence-corrected chi connectivity index (χ4v) is 8.57. The molecule has 60 heavy (non-hydrogen) atoms. The van der Waals surface area contributed by atoms with Gasteiger partial charge in [-0.15, -0.1) is 0 Å². The Labute approximate surface area is 349 Å². The average Bonchev–Trinajstić information content (AvgIpc) is 3.70. The zero-order valence-corrected chi connectivity index (χ0v) is 32.9. The average molecular weight is 766 g/mol. The minimum atomic E-state index is 0.882. The van der Waals surface area contributed by atoms with Gasteiger partial charge in [0, 0.05) is 27.7 Å². The highest BCUT2D eigenvalue weighted by atomic mass is 16.3. The molecule has 0 radical (unpaired) electrons. The molecule has 0 spiro atoms. The van der Waals surface area contributed by atoms with Gasteiger partial charge in [-0.2, -0.15) is 0 Å². The number of fused-ring (bicyclic) bond motifs is 4. The topological polar surface area (TPSA) is 16.4 Å². The second-order valence-corrected chi connectivity index (χ2v) is 15.3. The van der Waals surface area contributed by atoms with Gasteiger partial charge in [0.15, 0.2) is 0 Å². The van der Waals surface area contributed by atoms with Crippen molar-refractivity contribution >= 4 is 49.8 Å². The van der Waals surface area contributed by atoms with Crippen LogP contribution in [0.3, 0.4) is 0 Å². The summed E-state index contributed by atoms with van der Waals surface area (Å²) in [5.74, 6) is 0. The molecule has 11 rings (SSSR count). The minimum Gasteiger partial charge on any atom is -0.456 e. The minimum absolute atomic E-state index is 0.882. The van der Waals surface area contributed by atoms with E-state index in [0.717, 1.165) is 50.1 Å². The van der Waals surface area contributed by atoms with Crippen LogP contribution in [0.5, 0.6) is 0 Å². The fraction of sp³-hybridized carbons (Fsp3) is 0. The molecule has 1 heterocycles. The van der Waals surface area contributed by atoms with E-state index in [0.29, 0.717) is 0 Å². The summed E-state index contributed by atoms with van der Waals surface area (Å²) in [7, 11) is 0. The number of nitrogens with zero attached hydrogens (tertiary/aromatic N) is 1. The van der Waals surface area contributed by atoms with Crippen LogP contribution in [0.25, 0.3) is 88.3 Å². The molecular weight excluding hydrogens is 727 g/mol. The zero-order valence-electron chi connectivity index (χ0n) is 32.9. The molecule has 0 saturated carbocycles. The van der Waals surface area contributed by atoms with Crippen LogP contribution in [-0.2, 0) is 0 Å². The van der Waals surface area contributed by atoms with Crippen LogP contribution in [0.4, 0.5) is 17.1 Å². The molecule has 0 saturated heterocycles. The number of benzene rings is 10. The van der Waals surface area contributed by atoms with E-state index in [-0.39, 0.29) is 0 Å². The highest BCUT2D eigenvalue weighted by molar-refractivity contribution is 6.06. The van der Waals surface area contributed by atoms with Crippen LogP contribution in [-0.4, -0.2) is 0 Å². The molecule has 282 valence electrons. The zero-order chi connectivity index (χ0) is 39.8. The first kappa shape index (κ1) is 35.2. The van der Waals surface area contributed by atoms with Crippen LogP contribution >= 0.6 is 0 Å². The van der Waals surface area contributed by atoms with Gasteiger partial charge in [0.1, 0.15) is 11.2 Å². The monoisotopic (exact) mass is 765 g/mol. The molecule has 0 aliphatic carbocycles. The summed E-state index contributed by atoms with van der Waals surface area (Å²) in [6.45, 7) is 0. The third-order valence-corrected chi connectivity index (χ3v) is 11.7. The summed E-state index contributed by atoms with van der Waals surface area (Å²) < 4.78 is 6.37. The van der Waals surface area contributed by atoms with Crippen molar-refractivity contribution in [3.05, 3.63) is 237 Å². The molecular formula is C58H39NO. The van der Waals surface area contributed by atoms with Gasteiger partial charge in [0.25, 0.3) is 0 Å². The predicted octanol–water partition coefficient (Wildman–Crippen LogP) is 16.5. The maximum Gasteiger partial charge on any atom is 0.136 e. The first-order valence-corrected chi connectivity index (χ1v) is 20.5. The lowest BCUT2D eigenvalue weighted by molar-refractivity contribution is 0.669. The molecule has 0 unspecified atom stereocenters. The number of para-hydroxylation sites is 2. The second kappa shape index (κ2) is 15.1. The van der Waals surface area contributed by atoms with Gasteiger partial charge >= 0.3 is 0 Å². The highest BCUT2D eigenvalue weighted by Crippen LogP contribution is 2.43. The van der Waals surface area contributed by atoms with Crippen LogP contribution in [0, 0.1) is 0 Å². The maximum atomic E-state index is 6.37. The highest BCUT2D eigenvalue weighted by Gasteiger charge is 2.19. The van der Waals surface area contributed by atoms with Crippen LogP contribution in [0.15, 0.2) is 241 Å². The van der Waals surface area contributed by atoms with Crippen LogP contribution < -0.4 is 4.90 Å². The Balaban J connectivity index is 0.978. The van der Waals surface area contributed by atoms with Gasteiger partial charge in [-0.1, -0.05) is 176 Å². The summed E-state index contributed by atoms with van der Waals surface area (Å²) in [5, 5.41) is 4.75. The third kappa shape index (κ3) is 6.61. The normalized spacial score (nSPS) is 11.3. The van der Waals surface area contributed by atoms with Crippen molar-refractivity contribution in [2.75, 3.05) is 4.90 Å². The van der Waals surface area contributed by atoms with E-state index in [1.165, 1.54) is 55.3 Å². The van der Waals surface area contributed by atoms with Gasteiger partial charge in [0.2, 0.25) is 0 Å². The molecule has 1 aromatic heterocycles. The smallest absolute Gasteiger partial charge is 0.136 e. The Morgan fingerprint density at radius 3 is 1.48 bits per heavy atom. The summed E-state index contributed by atoms with van der Waals surface area (Å²) in [4.78, 5) is 2.37. The lowest BCUT2D eigenvalue weighted by atomic mass is 9.97. The van der Waals surface area contributed by atoms with E-state index >= 15 is 0 Å². The van der Waals surface area contributed by atoms with Crippen molar-refractivity contribution in [3.8, 4) is 55.6 Å². The Kier molecular flexibility index (Phi) is 8.87. The quantitative estimate of drug-likeness (QED) is 0.153. The van der Waals surface area contributed by atoms with Crippen LogP contribution in [0.2, 0.25) is 0 Å². The molecule has 2 heteroatoms. The third-order valence-electron chi connectivity index (χ3n) is 11.7. The molecule has 11 aromatic rings. The van der Waals surface area contributed by atoms with Crippen molar-refractivity contribution in [2.24, 2.45) is 0 Å². The maximum absolute atomic E-state index is 6.37. The molecule has 0 N–H and O–H groups in total. The largest absolute Gasteiger partial charge is 0.456 e. The molecule has 10 aromatic carbocycles.